The van der Waals surface area contributed by atoms with Crippen LogP contribution in [0, 0.1) is 10.1 Å². The second kappa shape index (κ2) is 10.1. The van der Waals surface area contributed by atoms with Crippen molar-refractivity contribution in [3.05, 3.63) is 96.9 Å². The van der Waals surface area contributed by atoms with Crippen LogP contribution in [0.25, 0.3) is 6.08 Å². The zero-order chi connectivity index (χ0) is 26.2. The summed E-state index contributed by atoms with van der Waals surface area (Å²) in [6, 6.07) is 12.8. The lowest BCUT2D eigenvalue weighted by atomic mass is 10.1. The summed E-state index contributed by atoms with van der Waals surface area (Å²) >= 11 is 18.4. The number of hydrogen-bond acceptors (Lipinski definition) is 6. The van der Waals surface area contributed by atoms with Crippen molar-refractivity contribution in [3.63, 3.8) is 0 Å². The normalized spacial score (nSPS) is 15.0. The average molecular weight is 571 g/mol. The number of alkyl halides is 3. The Balaban J connectivity index is 1.67. The minimum Gasteiger partial charge on any atom is -0.449 e. The molecule has 0 saturated carbocycles. The van der Waals surface area contributed by atoms with E-state index in [0.29, 0.717) is 28.4 Å². The van der Waals surface area contributed by atoms with Crippen molar-refractivity contribution in [1.82, 2.24) is 0 Å². The summed E-state index contributed by atoms with van der Waals surface area (Å²) in [7, 11) is 0. The molecule has 0 spiro atoms. The molecule has 1 amide bonds. The SMILES string of the molecule is O=C1/C(=C/c2ccccc2Oc2ccc(C(F)(F)F)cc2[N+](=O)[O-])SC(=S)N1c1ccc(Cl)c(Cl)c1. The molecule has 184 valence electrons. The fourth-order valence-electron chi connectivity index (χ4n) is 3.19. The van der Waals surface area contributed by atoms with E-state index in [1.54, 1.807) is 24.3 Å². The van der Waals surface area contributed by atoms with Crippen LogP contribution in [0.15, 0.2) is 65.6 Å². The number of rotatable bonds is 5. The smallest absolute Gasteiger partial charge is 0.416 e. The van der Waals surface area contributed by atoms with Gasteiger partial charge in [0.15, 0.2) is 4.32 Å². The fourth-order valence-corrected chi connectivity index (χ4v) is 4.77. The number of hydrogen-bond donors (Lipinski definition) is 0. The summed E-state index contributed by atoms with van der Waals surface area (Å²) < 4.78 is 44.9. The van der Waals surface area contributed by atoms with Gasteiger partial charge in [0, 0.05) is 11.6 Å². The molecule has 4 rings (SSSR count). The van der Waals surface area contributed by atoms with E-state index in [1.165, 1.54) is 29.2 Å². The third-order valence-electron chi connectivity index (χ3n) is 4.86. The Morgan fingerprint density at radius 1 is 1.03 bits per heavy atom. The monoisotopic (exact) mass is 570 g/mol. The van der Waals surface area contributed by atoms with Gasteiger partial charge in [-0.1, -0.05) is 65.4 Å². The van der Waals surface area contributed by atoms with E-state index in [0.717, 1.165) is 17.8 Å². The summed E-state index contributed by atoms with van der Waals surface area (Å²) in [5.41, 5.74) is -1.27. The molecule has 1 aliphatic rings. The van der Waals surface area contributed by atoms with Crippen LogP contribution < -0.4 is 9.64 Å². The average Bonchev–Trinajstić information content (AvgIpc) is 3.09. The standard InChI is InChI=1S/C23H11Cl2F3N2O4S2/c24-15-7-6-14(11-16(15)25)29-21(31)20(36-22(29)35)9-12-3-1-2-4-18(12)34-19-8-5-13(23(26,27)28)10-17(19)30(32)33/h1-11H/b20-9-. The molecule has 0 aromatic heterocycles. The number of thioether (sulfide) groups is 1. The van der Waals surface area contributed by atoms with E-state index in [1.807, 2.05) is 0 Å². The molecule has 0 radical (unpaired) electrons. The summed E-state index contributed by atoms with van der Waals surface area (Å²) in [4.78, 5) is 25.0. The Labute approximate surface area is 221 Å². The summed E-state index contributed by atoms with van der Waals surface area (Å²) in [6.45, 7) is 0. The topological polar surface area (TPSA) is 72.7 Å². The van der Waals surface area contributed by atoms with Crippen molar-refractivity contribution < 1.29 is 27.6 Å². The second-order valence-electron chi connectivity index (χ2n) is 7.19. The summed E-state index contributed by atoms with van der Waals surface area (Å²) in [5.74, 6) is -0.754. The van der Waals surface area contributed by atoms with Crippen molar-refractivity contribution in [1.29, 1.82) is 0 Å². The predicted molar refractivity (Wildman–Crippen MR) is 137 cm³/mol. The Hall–Kier alpha value is -3.12. The third-order valence-corrected chi connectivity index (χ3v) is 6.90. The Morgan fingerprint density at radius 3 is 2.42 bits per heavy atom. The molecular weight excluding hydrogens is 560 g/mol. The zero-order valence-corrected chi connectivity index (χ0v) is 20.7. The first-order chi connectivity index (χ1) is 17.0. The maximum absolute atomic E-state index is 13.1. The van der Waals surface area contributed by atoms with E-state index in [2.05, 4.69) is 0 Å². The fraction of sp³-hybridized carbons (Fsp3) is 0.0435. The first-order valence-corrected chi connectivity index (χ1v) is 11.8. The Morgan fingerprint density at radius 2 is 1.75 bits per heavy atom. The van der Waals surface area contributed by atoms with Gasteiger partial charge in [-0.25, -0.2) is 0 Å². The van der Waals surface area contributed by atoms with Gasteiger partial charge in [-0.2, -0.15) is 13.2 Å². The third kappa shape index (κ3) is 5.34. The van der Waals surface area contributed by atoms with Gasteiger partial charge in [0.25, 0.3) is 5.91 Å². The number of nitro benzene ring substituents is 1. The molecule has 3 aromatic carbocycles. The molecular formula is C23H11Cl2F3N2O4S2. The molecule has 6 nitrogen and oxygen atoms in total. The van der Waals surface area contributed by atoms with Gasteiger partial charge in [-0.3, -0.25) is 19.8 Å². The number of nitrogens with zero attached hydrogens (tertiary/aromatic N) is 2. The lowest BCUT2D eigenvalue weighted by molar-refractivity contribution is -0.385. The highest BCUT2D eigenvalue weighted by Crippen LogP contribution is 2.41. The number of ether oxygens (including phenoxy) is 1. The van der Waals surface area contributed by atoms with Crippen LogP contribution in [0.5, 0.6) is 11.5 Å². The van der Waals surface area contributed by atoms with Crippen molar-refractivity contribution in [3.8, 4) is 11.5 Å². The summed E-state index contributed by atoms with van der Waals surface area (Å²) in [5, 5.41) is 12.0. The highest BCUT2D eigenvalue weighted by molar-refractivity contribution is 8.27. The van der Waals surface area contributed by atoms with E-state index in [4.69, 9.17) is 40.2 Å². The van der Waals surface area contributed by atoms with Crippen molar-refractivity contribution in [2.45, 2.75) is 6.18 Å². The van der Waals surface area contributed by atoms with Crippen LogP contribution in [-0.2, 0) is 11.0 Å². The van der Waals surface area contributed by atoms with Gasteiger partial charge in [0.2, 0.25) is 5.75 Å². The predicted octanol–water partition coefficient (Wildman–Crippen LogP) is 8.12. The number of halogens is 5. The number of benzene rings is 3. The van der Waals surface area contributed by atoms with E-state index < -0.39 is 34.0 Å². The highest BCUT2D eigenvalue weighted by Gasteiger charge is 2.35. The molecule has 3 aromatic rings. The van der Waals surface area contributed by atoms with Crippen LogP contribution in [0.3, 0.4) is 0 Å². The molecule has 0 unspecified atom stereocenters. The second-order valence-corrected chi connectivity index (χ2v) is 9.68. The van der Waals surface area contributed by atoms with E-state index in [-0.39, 0.29) is 20.0 Å². The maximum atomic E-state index is 13.1. The van der Waals surface area contributed by atoms with Crippen molar-refractivity contribution >= 4 is 74.9 Å². The quantitative estimate of drug-likeness (QED) is 0.133. The number of nitro groups is 1. The van der Waals surface area contributed by atoms with Crippen molar-refractivity contribution in [2.75, 3.05) is 4.90 Å². The molecule has 1 saturated heterocycles. The molecule has 1 fully saturated rings. The highest BCUT2D eigenvalue weighted by atomic mass is 35.5. The molecule has 36 heavy (non-hydrogen) atoms. The number of thiocarbonyl (C=S) groups is 1. The molecule has 1 heterocycles. The van der Waals surface area contributed by atoms with Gasteiger partial charge < -0.3 is 4.74 Å². The Bertz CT molecular complexity index is 1450. The largest absolute Gasteiger partial charge is 0.449 e. The molecule has 0 atom stereocenters. The molecule has 13 heteroatoms. The Kier molecular flexibility index (Phi) is 7.28. The van der Waals surface area contributed by atoms with E-state index in [9.17, 15) is 28.1 Å². The lowest BCUT2D eigenvalue weighted by Gasteiger charge is -2.15. The van der Waals surface area contributed by atoms with Crippen LogP contribution in [0.2, 0.25) is 10.0 Å². The number of amides is 1. The maximum Gasteiger partial charge on any atom is 0.416 e. The van der Waals surface area contributed by atoms with Gasteiger partial charge in [0.05, 0.1) is 31.1 Å². The molecule has 1 aliphatic heterocycles. The van der Waals surface area contributed by atoms with Gasteiger partial charge >= 0.3 is 11.9 Å². The first kappa shape index (κ1) is 26.0. The van der Waals surface area contributed by atoms with Crippen LogP contribution in [-0.4, -0.2) is 15.2 Å². The minimum atomic E-state index is -4.76. The minimum absolute atomic E-state index is 0.0835. The molecule has 0 N–H and O–H groups in total. The van der Waals surface area contributed by atoms with Gasteiger partial charge in [0.1, 0.15) is 5.75 Å². The lowest BCUT2D eigenvalue weighted by Crippen LogP contribution is -2.27. The number of carbonyl (C=O) groups is 1. The zero-order valence-electron chi connectivity index (χ0n) is 17.6. The summed E-state index contributed by atoms with van der Waals surface area (Å²) in [6.07, 6.45) is -3.29. The van der Waals surface area contributed by atoms with Gasteiger partial charge in [-0.15, -0.1) is 0 Å². The van der Waals surface area contributed by atoms with Crippen molar-refractivity contribution in [2.24, 2.45) is 0 Å². The number of para-hydroxylation sites is 1. The van der Waals surface area contributed by atoms with Crippen LogP contribution in [0.4, 0.5) is 24.5 Å². The van der Waals surface area contributed by atoms with Crippen LogP contribution >= 0.6 is 47.2 Å². The van der Waals surface area contributed by atoms with Crippen LogP contribution in [0.1, 0.15) is 11.1 Å². The number of carbonyl (C=O) groups excluding carboxylic acids is 1. The molecule has 0 bridgehead atoms. The van der Waals surface area contributed by atoms with Gasteiger partial charge in [-0.05, 0) is 42.5 Å². The first-order valence-electron chi connectivity index (χ1n) is 9.81. The molecule has 0 aliphatic carbocycles. The number of anilines is 1. The van der Waals surface area contributed by atoms with E-state index >= 15 is 0 Å².